The lowest BCUT2D eigenvalue weighted by Crippen LogP contribution is -2.55. The Bertz CT molecular complexity index is 660. The Balaban J connectivity index is 1.95. The van der Waals surface area contributed by atoms with E-state index in [4.69, 9.17) is 14.9 Å². The summed E-state index contributed by atoms with van der Waals surface area (Å²) in [4.78, 5) is 14.4. The van der Waals surface area contributed by atoms with Gasteiger partial charge in [0.05, 0.1) is 18.8 Å². The van der Waals surface area contributed by atoms with E-state index in [1.807, 2.05) is 13.8 Å². The third-order valence-electron chi connectivity index (χ3n) is 3.64. The minimum atomic E-state index is -0.326. The summed E-state index contributed by atoms with van der Waals surface area (Å²) in [6.45, 7) is 5.65. The van der Waals surface area contributed by atoms with Crippen LogP contribution in [0.25, 0.3) is 11.0 Å². The summed E-state index contributed by atoms with van der Waals surface area (Å²) in [5.41, 5.74) is 6.75. The molecule has 1 saturated heterocycles. The highest BCUT2D eigenvalue weighted by Crippen LogP contribution is 2.26. The number of hydrogen-bond acceptors (Lipinski definition) is 4. The van der Waals surface area contributed by atoms with Gasteiger partial charge in [-0.25, -0.2) is 0 Å². The molecule has 2 aromatic rings. The van der Waals surface area contributed by atoms with Crippen molar-refractivity contribution in [1.82, 2.24) is 4.90 Å². The molecule has 0 unspecified atom stereocenters. The first-order chi connectivity index (χ1) is 9.47. The predicted octanol–water partition coefficient (Wildman–Crippen LogP) is 2.27. The molecule has 106 valence electrons. The topological polar surface area (TPSA) is 68.7 Å². The third kappa shape index (κ3) is 2.14. The van der Waals surface area contributed by atoms with Crippen LogP contribution >= 0.6 is 0 Å². The van der Waals surface area contributed by atoms with E-state index in [-0.39, 0.29) is 11.4 Å². The molecule has 2 heterocycles. The zero-order valence-corrected chi connectivity index (χ0v) is 11.7. The summed E-state index contributed by atoms with van der Waals surface area (Å²) in [5.74, 6) is 0.244. The van der Waals surface area contributed by atoms with Gasteiger partial charge < -0.3 is 19.8 Å². The number of nitrogen functional groups attached to an aromatic ring is 1. The molecule has 1 fully saturated rings. The number of nitrogens with zero attached hydrogens (tertiary/aromatic N) is 1. The Morgan fingerprint density at radius 1 is 1.35 bits per heavy atom. The number of fused-ring (bicyclic) bond motifs is 1. The first kappa shape index (κ1) is 13.0. The molecule has 1 aromatic carbocycles. The number of rotatable bonds is 1. The van der Waals surface area contributed by atoms with Gasteiger partial charge in [0.2, 0.25) is 0 Å². The molecule has 0 saturated carbocycles. The summed E-state index contributed by atoms with van der Waals surface area (Å²) < 4.78 is 11.1. The van der Waals surface area contributed by atoms with E-state index < -0.39 is 0 Å². The minimum Gasteiger partial charge on any atom is -0.451 e. The van der Waals surface area contributed by atoms with Crippen molar-refractivity contribution in [2.75, 3.05) is 25.5 Å². The van der Waals surface area contributed by atoms with Crippen LogP contribution in [0.5, 0.6) is 0 Å². The molecule has 2 N–H and O–H groups in total. The number of amides is 1. The van der Waals surface area contributed by atoms with E-state index in [9.17, 15) is 4.79 Å². The van der Waals surface area contributed by atoms with Crippen LogP contribution in [0.3, 0.4) is 0 Å². The zero-order chi connectivity index (χ0) is 14.3. The van der Waals surface area contributed by atoms with E-state index >= 15 is 0 Å². The van der Waals surface area contributed by atoms with Gasteiger partial charge in [-0.15, -0.1) is 0 Å². The lowest BCUT2D eigenvalue weighted by atomic mass is 10.0. The molecule has 0 atom stereocenters. The van der Waals surface area contributed by atoms with Crippen LogP contribution in [0.1, 0.15) is 24.4 Å². The number of furan rings is 1. The molecular formula is C15H18N2O3. The van der Waals surface area contributed by atoms with E-state index in [1.54, 1.807) is 29.2 Å². The SMILES string of the molecule is CC1(C)COCCN1C(=O)c1cc2cc(N)ccc2o1. The molecule has 1 aliphatic rings. The van der Waals surface area contributed by atoms with Gasteiger partial charge in [-0.05, 0) is 38.1 Å². The zero-order valence-electron chi connectivity index (χ0n) is 11.7. The van der Waals surface area contributed by atoms with Crippen molar-refractivity contribution in [3.05, 3.63) is 30.0 Å². The summed E-state index contributed by atoms with van der Waals surface area (Å²) in [5, 5.41) is 0.847. The van der Waals surface area contributed by atoms with E-state index in [0.29, 0.717) is 36.8 Å². The van der Waals surface area contributed by atoms with Crippen LogP contribution < -0.4 is 5.73 Å². The maximum Gasteiger partial charge on any atom is 0.290 e. The number of nitrogens with two attached hydrogens (primary N) is 1. The Kier molecular flexibility index (Phi) is 2.94. The first-order valence-corrected chi connectivity index (χ1v) is 6.66. The van der Waals surface area contributed by atoms with Crippen LogP contribution in [-0.4, -0.2) is 36.1 Å². The Hall–Kier alpha value is -2.01. The smallest absolute Gasteiger partial charge is 0.290 e. The summed E-state index contributed by atoms with van der Waals surface area (Å²) in [6, 6.07) is 7.10. The molecule has 1 aliphatic heterocycles. The lowest BCUT2D eigenvalue weighted by molar-refractivity contribution is -0.0382. The number of hydrogen-bond donors (Lipinski definition) is 1. The Labute approximate surface area is 117 Å². The summed E-state index contributed by atoms with van der Waals surface area (Å²) >= 11 is 0. The maximum atomic E-state index is 12.6. The van der Waals surface area contributed by atoms with Crippen LogP contribution in [0.15, 0.2) is 28.7 Å². The van der Waals surface area contributed by atoms with Crippen molar-refractivity contribution in [3.8, 4) is 0 Å². The Morgan fingerprint density at radius 3 is 2.90 bits per heavy atom. The molecule has 0 bridgehead atoms. The number of carbonyl (C=O) groups is 1. The number of morpholine rings is 1. The van der Waals surface area contributed by atoms with Crippen molar-refractivity contribution < 1.29 is 13.9 Å². The molecule has 0 radical (unpaired) electrons. The molecule has 0 spiro atoms. The average molecular weight is 274 g/mol. The van der Waals surface area contributed by atoms with Crippen molar-refractivity contribution >= 4 is 22.6 Å². The Morgan fingerprint density at radius 2 is 2.15 bits per heavy atom. The second kappa shape index (κ2) is 4.52. The van der Waals surface area contributed by atoms with E-state index in [2.05, 4.69) is 0 Å². The highest BCUT2D eigenvalue weighted by atomic mass is 16.5. The number of carbonyl (C=O) groups excluding carboxylic acids is 1. The molecule has 3 rings (SSSR count). The second-order valence-corrected chi connectivity index (χ2v) is 5.73. The molecule has 20 heavy (non-hydrogen) atoms. The molecular weight excluding hydrogens is 256 g/mol. The fourth-order valence-corrected chi connectivity index (χ4v) is 2.54. The van der Waals surface area contributed by atoms with Gasteiger partial charge in [-0.3, -0.25) is 4.79 Å². The van der Waals surface area contributed by atoms with Crippen molar-refractivity contribution in [3.63, 3.8) is 0 Å². The van der Waals surface area contributed by atoms with Crippen LogP contribution in [-0.2, 0) is 4.74 Å². The van der Waals surface area contributed by atoms with Crippen LogP contribution in [0, 0.1) is 0 Å². The van der Waals surface area contributed by atoms with Crippen molar-refractivity contribution in [2.45, 2.75) is 19.4 Å². The largest absolute Gasteiger partial charge is 0.451 e. The third-order valence-corrected chi connectivity index (χ3v) is 3.64. The van der Waals surface area contributed by atoms with Gasteiger partial charge in [-0.2, -0.15) is 0 Å². The monoisotopic (exact) mass is 274 g/mol. The first-order valence-electron chi connectivity index (χ1n) is 6.66. The normalized spacial score (nSPS) is 18.4. The molecule has 1 aromatic heterocycles. The quantitative estimate of drug-likeness (QED) is 0.810. The van der Waals surface area contributed by atoms with Crippen molar-refractivity contribution in [1.29, 1.82) is 0 Å². The van der Waals surface area contributed by atoms with Crippen molar-refractivity contribution in [2.24, 2.45) is 0 Å². The second-order valence-electron chi connectivity index (χ2n) is 5.73. The average Bonchev–Trinajstić information content (AvgIpc) is 2.80. The fraction of sp³-hybridized carbons (Fsp3) is 0.400. The molecule has 5 nitrogen and oxygen atoms in total. The number of anilines is 1. The predicted molar refractivity (Wildman–Crippen MR) is 76.6 cm³/mol. The highest BCUT2D eigenvalue weighted by Gasteiger charge is 2.35. The van der Waals surface area contributed by atoms with Crippen LogP contribution in [0.2, 0.25) is 0 Å². The minimum absolute atomic E-state index is 0.104. The summed E-state index contributed by atoms with van der Waals surface area (Å²) in [6.07, 6.45) is 0. The fourth-order valence-electron chi connectivity index (χ4n) is 2.54. The van der Waals surface area contributed by atoms with Gasteiger partial charge >= 0.3 is 0 Å². The lowest BCUT2D eigenvalue weighted by Gasteiger charge is -2.41. The van der Waals surface area contributed by atoms with Gasteiger partial charge in [-0.1, -0.05) is 0 Å². The maximum absolute atomic E-state index is 12.6. The van der Waals surface area contributed by atoms with Gasteiger partial charge in [0.15, 0.2) is 5.76 Å². The molecule has 0 aliphatic carbocycles. The van der Waals surface area contributed by atoms with E-state index in [1.165, 1.54) is 0 Å². The highest BCUT2D eigenvalue weighted by molar-refractivity contribution is 5.97. The number of ether oxygens (including phenoxy) is 1. The standard InChI is InChI=1S/C15H18N2O3/c1-15(2)9-19-6-5-17(15)14(18)13-8-10-7-11(16)3-4-12(10)20-13/h3-4,7-8H,5-6,9,16H2,1-2H3. The van der Waals surface area contributed by atoms with E-state index in [0.717, 1.165) is 5.39 Å². The number of benzene rings is 1. The van der Waals surface area contributed by atoms with Gasteiger partial charge in [0.25, 0.3) is 5.91 Å². The molecule has 1 amide bonds. The van der Waals surface area contributed by atoms with Gasteiger partial charge in [0.1, 0.15) is 5.58 Å². The molecule has 5 heteroatoms. The van der Waals surface area contributed by atoms with Gasteiger partial charge in [0, 0.05) is 17.6 Å². The van der Waals surface area contributed by atoms with Crippen LogP contribution in [0.4, 0.5) is 5.69 Å². The summed E-state index contributed by atoms with van der Waals surface area (Å²) in [7, 11) is 0.